The second-order valence-corrected chi connectivity index (χ2v) is 6.34. The quantitative estimate of drug-likeness (QED) is 0.556. The van der Waals surface area contributed by atoms with Crippen LogP contribution < -0.4 is 16.0 Å². The van der Waals surface area contributed by atoms with Gasteiger partial charge in [0.2, 0.25) is 0 Å². The number of amides is 2. The largest absolute Gasteiger partial charge is 0.383 e. The average molecular weight is 335 g/mol. The van der Waals surface area contributed by atoms with E-state index in [1.54, 1.807) is 12.3 Å². The number of pyridine rings is 1. The monoisotopic (exact) mass is 335 g/mol. The Balaban J connectivity index is 1.28. The van der Waals surface area contributed by atoms with Gasteiger partial charge in [-0.25, -0.2) is 9.78 Å². The Bertz CT molecular complexity index is 867. The average Bonchev–Trinajstić information content (AvgIpc) is 3.34. The molecule has 25 heavy (non-hydrogen) atoms. The van der Waals surface area contributed by atoms with Crippen LogP contribution in [0.4, 0.5) is 16.3 Å². The van der Waals surface area contributed by atoms with Crippen molar-refractivity contribution in [1.82, 2.24) is 15.3 Å². The summed E-state index contributed by atoms with van der Waals surface area (Å²) in [5.41, 5.74) is 3.40. The van der Waals surface area contributed by atoms with Crippen molar-refractivity contribution in [2.24, 2.45) is 0 Å². The van der Waals surface area contributed by atoms with Gasteiger partial charge in [-0.05, 0) is 43.0 Å². The van der Waals surface area contributed by atoms with Crippen LogP contribution in [0.25, 0.3) is 10.9 Å². The van der Waals surface area contributed by atoms with Gasteiger partial charge in [-0.2, -0.15) is 0 Å². The molecule has 1 fully saturated rings. The van der Waals surface area contributed by atoms with Crippen molar-refractivity contribution in [2.75, 3.05) is 17.2 Å². The Hall–Kier alpha value is -3.02. The van der Waals surface area contributed by atoms with Crippen LogP contribution >= 0.6 is 0 Å². The van der Waals surface area contributed by atoms with Gasteiger partial charge in [-0.15, -0.1) is 0 Å². The fourth-order valence-electron chi connectivity index (χ4n) is 2.82. The van der Waals surface area contributed by atoms with Crippen molar-refractivity contribution in [1.29, 1.82) is 0 Å². The molecule has 2 amide bonds. The zero-order chi connectivity index (χ0) is 17.1. The molecule has 128 valence electrons. The number of benzene rings is 1. The first-order chi connectivity index (χ1) is 12.3. The lowest BCUT2D eigenvalue weighted by Crippen LogP contribution is -2.30. The van der Waals surface area contributed by atoms with Gasteiger partial charge in [0.1, 0.15) is 5.82 Å². The van der Waals surface area contributed by atoms with Gasteiger partial charge in [-0.1, -0.05) is 18.2 Å². The molecule has 4 N–H and O–H groups in total. The molecule has 0 atom stereocenters. The van der Waals surface area contributed by atoms with Crippen LogP contribution in [0, 0.1) is 0 Å². The standard InChI is InChI=1S/C19H21N5O/c25-19(23-14-5-6-14)24-18-8-7-15(12-22-18)20-10-9-13-11-21-17-4-2-1-3-16(13)17/h1-4,7-8,11-12,14,20-21H,5-6,9-10H2,(H2,22,23,24,25). The molecule has 1 aliphatic carbocycles. The minimum atomic E-state index is -0.185. The van der Waals surface area contributed by atoms with E-state index in [1.165, 1.54) is 16.5 Å². The highest BCUT2D eigenvalue weighted by Crippen LogP contribution is 2.19. The maximum Gasteiger partial charge on any atom is 0.320 e. The molecule has 0 bridgehead atoms. The van der Waals surface area contributed by atoms with Crippen LogP contribution in [-0.2, 0) is 6.42 Å². The van der Waals surface area contributed by atoms with Crippen LogP contribution in [0.1, 0.15) is 18.4 Å². The highest BCUT2D eigenvalue weighted by atomic mass is 16.2. The first kappa shape index (κ1) is 15.5. The van der Waals surface area contributed by atoms with Crippen LogP contribution in [0.3, 0.4) is 0 Å². The molecule has 6 heteroatoms. The summed E-state index contributed by atoms with van der Waals surface area (Å²) in [5, 5.41) is 10.3. The normalized spacial score (nSPS) is 13.6. The first-order valence-corrected chi connectivity index (χ1v) is 8.60. The molecule has 1 aromatic carbocycles. The van der Waals surface area contributed by atoms with Crippen molar-refractivity contribution in [3.63, 3.8) is 0 Å². The summed E-state index contributed by atoms with van der Waals surface area (Å²) < 4.78 is 0. The number of rotatable bonds is 6. The third-order valence-electron chi connectivity index (χ3n) is 4.32. The minimum Gasteiger partial charge on any atom is -0.383 e. The summed E-state index contributed by atoms with van der Waals surface area (Å²) in [5.74, 6) is 0.556. The fraction of sp³-hybridized carbons (Fsp3) is 0.263. The van der Waals surface area contributed by atoms with E-state index in [4.69, 9.17) is 0 Å². The Morgan fingerprint density at radius 3 is 2.88 bits per heavy atom. The molecule has 0 saturated heterocycles. The third kappa shape index (κ3) is 3.91. The maximum absolute atomic E-state index is 11.7. The van der Waals surface area contributed by atoms with Gasteiger partial charge in [0.25, 0.3) is 0 Å². The number of fused-ring (bicyclic) bond motifs is 1. The summed E-state index contributed by atoms with van der Waals surface area (Å²) >= 11 is 0. The van der Waals surface area contributed by atoms with Crippen LogP contribution in [-0.4, -0.2) is 28.6 Å². The van der Waals surface area contributed by atoms with Gasteiger partial charge in [0.05, 0.1) is 11.9 Å². The van der Waals surface area contributed by atoms with Crippen LogP contribution in [0.15, 0.2) is 48.8 Å². The zero-order valence-electron chi connectivity index (χ0n) is 13.9. The third-order valence-corrected chi connectivity index (χ3v) is 4.32. The van der Waals surface area contributed by atoms with Crippen LogP contribution in [0.2, 0.25) is 0 Å². The highest BCUT2D eigenvalue weighted by molar-refractivity contribution is 5.88. The number of hydrogen-bond acceptors (Lipinski definition) is 3. The molecule has 4 rings (SSSR count). The van der Waals surface area contributed by atoms with E-state index in [9.17, 15) is 4.79 Å². The van der Waals surface area contributed by atoms with Crippen LogP contribution in [0.5, 0.6) is 0 Å². The van der Waals surface area contributed by atoms with Crippen molar-refractivity contribution in [3.05, 3.63) is 54.4 Å². The van der Waals surface area contributed by atoms with E-state index in [-0.39, 0.29) is 6.03 Å². The molecule has 1 aliphatic rings. The molecular weight excluding hydrogens is 314 g/mol. The maximum atomic E-state index is 11.7. The lowest BCUT2D eigenvalue weighted by atomic mass is 10.1. The number of carbonyl (C=O) groups is 1. The molecular formula is C19H21N5O. The Morgan fingerprint density at radius 2 is 2.08 bits per heavy atom. The van der Waals surface area contributed by atoms with Crippen molar-refractivity contribution in [3.8, 4) is 0 Å². The number of nitrogens with one attached hydrogen (secondary N) is 4. The molecule has 0 spiro atoms. The number of nitrogens with zero attached hydrogens (tertiary/aromatic N) is 1. The van der Waals surface area contributed by atoms with Gasteiger partial charge in [0, 0.05) is 29.7 Å². The molecule has 3 aromatic rings. The first-order valence-electron chi connectivity index (χ1n) is 8.60. The summed E-state index contributed by atoms with van der Waals surface area (Å²) in [7, 11) is 0. The molecule has 0 radical (unpaired) electrons. The molecule has 0 aliphatic heterocycles. The number of H-pyrrole nitrogens is 1. The van der Waals surface area contributed by atoms with E-state index in [0.29, 0.717) is 11.9 Å². The number of urea groups is 1. The molecule has 2 heterocycles. The van der Waals surface area contributed by atoms with Crippen molar-refractivity contribution < 1.29 is 4.79 Å². The van der Waals surface area contributed by atoms with Crippen molar-refractivity contribution in [2.45, 2.75) is 25.3 Å². The number of para-hydroxylation sites is 1. The SMILES string of the molecule is O=C(Nc1ccc(NCCc2c[nH]c3ccccc23)cn1)NC1CC1. The second kappa shape index (κ2) is 6.84. The van der Waals surface area contributed by atoms with Gasteiger partial charge in [-0.3, -0.25) is 5.32 Å². The Kier molecular flexibility index (Phi) is 4.24. The predicted molar refractivity (Wildman–Crippen MR) is 99.9 cm³/mol. The smallest absolute Gasteiger partial charge is 0.320 e. The highest BCUT2D eigenvalue weighted by Gasteiger charge is 2.23. The lowest BCUT2D eigenvalue weighted by Gasteiger charge is -2.08. The van der Waals surface area contributed by atoms with Gasteiger partial charge in [0.15, 0.2) is 0 Å². The second-order valence-electron chi connectivity index (χ2n) is 6.34. The predicted octanol–water partition coefficient (Wildman–Crippen LogP) is 3.50. The molecule has 2 aromatic heterocycles. The minimum absolute atomic E-state index is 0.185. The summed E-state index contributed by atoms with van der Waals surface area (Å²) in [4.78, 5) is 19.2. The molecule has 0 unspecified atom stereocenters. The Labute approximate surface area is 146 Å². The zero-order valence-corrected chi connectivity index (χ0v) is 13.9. The molecule has 6 nitrogen and oxygen atoms in total. The Morgan fingerprint density at radius 1 is 1.20 bits per heavy atom. The van der Waals surface area contributed by atoms with Gasteiger partial charge >= 0.3 is 6.03 Å². The fourth-order valence-corrected chi connectivity index (χ4v) is 2.82. The number of aromatic nitrogens is 2. The molecule has 1 saturated carbocycles. The van der Waals surface area contributed by atoms with E-state index < -0.39 is 0 Å². The van der Waals surface area contributed by atoms with Crippen molar-refractivity contribution >= 4 is 28.4 Å². The summed E-state index contributed by atoms with van der Waals surface area (Å²) in [6.45, 7) is 0.818. The van der Waals surface area contributed by atoms with E-state index >= 15 is 0 Å². The van der Waals surface area contributed by atoms with E-state index in [2.05, 4.69) is 50.3 Å². The number of hydrogen-bond donors (Lipinski definition) is 4. The van der Waals surface area contributed by atoms with E-state index in [1.807, 2.05) is 12.1 Å². The van der Waals surface area contributed by atoms with E-state index in [0.717, 1.165) is 31.5 Å². The topological polar surface area (TPSA) is 81.8 Å². The number of anilines is 2. The van der Waals surface area contributed by atoms with Gasteiger partial charge < -0.3 is 15.6 Å². The lowest BCUT2D eigenvalue weighted by molar-refractivity contribution is 0.251. The number of carbonyl (C=O) groups excluding carboxylic acids is 1. The number of aromatic amines is 1. The summed E-state index contributed by atoms with van der Waals surface area (Å²) in [6.07, 6.45) is 6.87. The summed E-state index contributed by atoms with van der Waals surface area (Å²) in [6, 6.07) is 12.2.